The van der Waals surface area contributed by atoms with Gasteiger partial charge in [-0.2, -0.15) is 0 Å². The van der Waals surface area contributed by atoms with E-state index < -0.39 is 17.7 Å². The summed E-state index contributed by atoms with van der Waals surface area (Å²) in [7, 11) is 1.50. The molecule has 0 radical (unpaired) electrons. The zero-order chi connectivity index (χ0) is 13.1. The lowest BCUT2D eigenvalue weighted by atomic mass is 10.0. The Morgan fingerprint density at radius 3 is 2.72 bits per heavy atom. The number of nitrogens with two attached hydrogens (primary N) is 1. The third kappa shape index (κ3) is 2.46. The molecule has 0 fully saturated rings. The Labute approximate surface area is 103 Å². The SMILES string of the molecule is COc1cncc(C(N)c2cc(F)ccc2F)c1. The topological polar surface area (TPSA) is 48.1 Å². The summed E-state index contributed by atoms with van der Waals surface area (Å²) in [5.74, 6) is -0.566. The van der Waals surface area contributed by atoms with E-state index in [4.69, 9.17) is 10.5 Å². The second kappa shape index (κ2) is 5.10. The molecule has 18 heavy (non-hydrogen) atoms. The summed E-state index contributed by atoms with van der Waals surface area (Å²) in [5.41, 5.74) is 6.55. The average molecular weight is 250 g/mol. The van der Waals surface area contributed by atoms with E-state index in [-0.39, 0.29) is 5.56 Å². The molecule has 1 heterocycles. The number of nitrogens with zero attached hydrogens (tertiary/aromatic N) is 1. The molecule has 0 aliphatic heterocycles. The van der Waals surface area contributed by atoms with Crippen LogP contribution < -0.4 is 10.5 Å². The first kappa shape index (κ1) is 12.4. The van der Waals surface area contributed by atoms with Crippen LogP contribution in [0.25, 0.3) is 0 Å². The number of rotatable bonds is 3. The number of ether oxygens (including phenoxy) is 1. The number of benzene rings is 1. The molecule has 2 N–H and O–H groups in total. The van der Waals surface area contributed by atoms with Crippen LogP contribution >= 0.6 is 0 Å². The van der Waals surface area contributed by atoms with Crippen LogP contribution in [-0.2, 0) is 0 Å². The van der Waals surface area contributed by atoms with Crippen molar-refractivity contribution in [1.29, 1.82) is 0 Å². The van der Waals surface area contributed by atoms with Gasteiger partial charge in [-0.15, -0.1) is 0 Å². The minimum Gasteiger partial charge on any atom is -0.495 e. The zero-order valence-electron chi connectivity index (χ0n) is 9.73. The molecule has 1 unspecified atom stereocenters. The lowest BCUT2D eigenvalue weighted by molar-refractivity contribution is 0.412. The van der Waals surface area contributed by atoms with Crippen molar-refractivity contribution >= 4 is 0 Å². The molecule has 0 spiro atoms. The fourth-order valence-corrected chi connectivity index (χ4v) is 1.65. The smallest absolute Gasteiger partial charge is 0.137 e. The summed E-state index contributed by atoms with van der Waals surface area (Å²) in [5, 5.41) is 0. The van der Waals surface area contributed by atoms with E-state index in [2.05, 4.69) is 4.98 Å². The molecule has 1 atom stereocenters. The van der Waals surface area contributed by atoms with Crippen molar-refractivity contribution in [3.05, 3.63) is 59.4 Å². The maximum absolute atomic E-state index is 13.6. The molecule has 0 amide bonds. The van der Waals surface area contributed by atoms with Gasteiger partial charge in [0.25, 0.3) is 0 Å². The first-order valence-corrected chi connectivity index (χ1v) is 5.31. The van der Waals surface area contributed by atoms with E-state index in [1.807, 2.05) is 0 Å². The van der Waals surface area contributed by atoms with Gasteiger partial charge < -0.3 is 10.5 Å². The Morgan fingerprint density at radius 2 is 2.00 bits per heavy atom. The number of hydrogen-bond donors (Lipinski definition) is 1. The quantitative estimate of drug-likeness (QED) is 0.910. The van der Waals surface area contributed by atoms with Gasteiger partial charge in [0.2, 0.25) is 0 Å². The van der Waals surface area contributed by atoms with Crippen LogP contribution in [0.4, 0.5) is 8.78 Å². The third-order valence-corrected chi connectivity index (χ3v) is 2.62. The predicted octanol–water partition coefficient (Wildman–Crippen LogP) is 2.42. The van der Waals surface area contributed by atoms with Gasteiger partial charge in [0.15, 0.2) is 0 Å². The van der Waals surface area contributed by atoms with E-state index in [0.29, 0.717) is 11.3 Å². The van der Waals surface area contributed by atoms with E-state index in [9.17, 15) is 8.78 Å². The molecule has 0 aliphatic rings. The monoisotopic (exact) mass is 250 g/mol. The molecule has 2 rings (SSSR count). The van der Waals surface area contributed by atoms with E-state index >= 15 is 0 Å². The number of aromatic nitrogens is 1. The second-order valence-electron chi connectivity index (χ2n) is 3.80. The van der Waals surface area contributed by atoms with E-state index in [0.717, 1.165) is 18.2 Å². The molecule has 0 aliphatic carbocycles. The normalized spacial score (nSPS) is 12.2. The van der Waals surface area contributed by atoms with Crippen LogP contribution in [0.15, 0.2) is 36.7 Å². The molecule has 94 valence electrons. The highest BCUT2D eigenvalue weighted by atomic mass is 19.1. The van der Waals surface area contributed by atoms with E-state index in [1.165, 1.54) is 19.5 Å². The summed E-state index contributed by atoms with van der Waals surface area (Å²) in [6, 6.07) is 4.04. The maximum Gasteiger partial charge on any atom is 0.137 e. The molecule has 1 aromatic carbocycles. The van der Waals surface area contributed by atoms with Gasteiger partial charge in [0.05, 0.1) is 19.3 Å². The van der Waals surface area contributed by atoms with Gasteiger partial charge in [-0.1, -0.05) is 0 Å². The minimum absolute atomic E-state index is 0.0880. The molecule has 0 saturated carbocycles. The Kier molecular flexibility index (Phi) is 3.53. The molecule has 2 aromatic rings. The fourth-order valence-electron chi connectivity index (χ4n) is 1.65. The Hall–Kier alpha value is -2.01. The summed E-state index contributed by atoms with van der Waals surface area (Å²) >= 11 is 0. The van der Waals surface area contributed by atoms with E-state index in [1.54, 1.807) is 6.07 Å². The van der Waals surface area contributed by atoms with Crippen molar-refractivity contribution in [3.63, 3.8) is 0 Å². The standard InChI is InChI=1S/C13H12F2N2O/c1-18-10-4-8(6-17-7-10)13(16)11-5-9(14)2-3-12(11)15/h2-7,13H,16H2,1H3. The Balaban J connectivity index is 2.40. The van der Waals surface area contributed by atoms with Gasteiger partial charge in [0.1, 0.15) is 17.4 Å². The van der Waals surface area contributed by atoms with Crippen molar-refractivity contribution < 1.29 is 13.5 Å². The highest BCUT2D eigenvalue weighted by molar-refractivity contribution is 5.34. The van der Waals surface area contributed by atoms with Gasteiger partial charge >= 0.3 is 0 Å². The summed E-state index contributed by atoms with van der Waals surface area (Å²) in [6.45, 7) is 0. The highest BCUT2D eigenvalue weighted by Crippen LogP contribution is 2.24. The van der Waals surface area contributed by atoms with Gasteiger partial charge in [-0.25, -0.2) is 8.78 Å². The van der Waals surface area contributed by atoms with Gasteiger partial charge in [0, 0.05) is 11.8 Å². The number of hydrogen-bond acceptors (Lipinski definition) is 3. The van der Waals surface area contributed by atoms with Crippen molar-refractivity contribution in [1.82, 2.24) is 4.98 Å². The lowest BCUT2D eigenvalue weighted by Gasteiger charge is -2.14. The predicted molar refractivity (Wildman–Crippen MR) is 63.2 cm³/mol. The lowest BCUT2D eigenvalue weighted by Crippen LogP contribution is -2.14. The van der Waals surface area contributed by atoms with Crippen LogP contribution in [0.3, 0.4) is 0 Å². The van der Waals surface area contributed by atoms with Crippen molar-refractivity contribution in [2.45, 2.75) is 6.04 Å². The van der Waals surface area contributed by atoms with Crippen LogP contribution in [0.5, 0.6) is 5.75 Å². The summed E-state index contributed by atoms with van der Waals surface area (Å²) < 4.78 is 31.7. The fraction of sp³-hybridized carbons (Fsp3) is 0.154. The average Bonchev–Trinajstić information content (AvgIpc) is 2.41. The molecule has 1 aromatic heterocycles. The van der Waals surface area contributed by atoms with Crippen LogP contribution in [-0.4, -0.2) is 12.1 Å². The van der Waals surface area contributed by atoms with Crippen LogP contribution in [0, 0.1) is 11.6 Å². The minimum atomic E-state index is -0.789. The Morgan fingerprint density at radius 1 is 1.22 bits per heavy atom. The Bertz CT molecular complexity index is 560. The first-order valence-electron chi connectivity index (χ1n) is 5.31. The van der Waals surface area contributed by atoms with Crippen molar-refractivity contribution in [2.75, 3.05) is 7.11 Å². The largest absolute Gasteiger partial charge is 0.495 e. The van der Waals surface area contributed by atoms with Crippen molar-refractivity contribution in [2.24, 2.45) is 5.73 Å². The molecule has 5 heteroatoms. The van der Waals surface area contributed by atoms with Crippen molar-refractivity contribution in [3.8, 4) is 5.75 Å². The molecule has 0 saturated heterocycles. The highest BCUT2D eigenvalue weighted by Gasteiger charge is 2.15. The molecular weight excluding hydrogens is 238 g/mol. The molecular formula is C13H12F2N2O. The van der Waals surface area contributed by atoms with Crippen LogP contribution in [0.1, 0.15) is 17.2 Å². The zero-order valence-corrected chi connectivity index (χ0v) is 9.73. The molecule has 3 nitrogen and oxygen atoms in total. The van der Waals surface area contributed by atoms with Gasteiger partial charge in [-0.3, -0.25) is 4.98 Å². The van der Waals surface area contributed by atoms with Gasteiger partial charge in [-0.05, 0) is 29.8 Å². The molecule has 0 bridgehead atoms. The second-order valence-corrected chi connectivity index (χ2v) is 3.80. The first-order chi connectivity index (χ1) is 8.61. The number of pyridine rings is 1. The maximum atomic E-state index is 13.6. The number of halogens is 2. The summed E-state index contributed by atoms with van der Waals surface area (Å²) in [4.78, 5) is 3.93. The number of methoxy groups -OCH3 is 1. The third-order valence-electron chi connectivity index (χ3n) is 2.62. The van der Waals surface area contributed by atoms with Crippen LogP contribution in [0.2, 0.25) is 0 Å². The summed E-state index contributed by atoms with van der Waals surface area (Å²) in [6.07, 6.45) is 3.01.